The zero-order valence-corrected chi connectivity index (χ0v) is 9.83. The van der Waals surface area contributed by atoms with E-state index in [4.69, 9.17) is 9.47 Å². The van der Waals surface area contributed by atoms with Gasteiger partial charge in [0, 0.05) is 6.61 Å². The fraction of sp³-hybridized carbons (Fsp3) is 0.875. The number of hydrogen-bond donors (Lipinski definition) is 0. The quantitative estimate of drug-likeness (QED) is 0.439. The number of alkyl halides is 1. The van der Waals surface area contributed by atoms with Crippen molar-refractivity contribution in [2.45, 2.75) is 30.8 Å². The van der Waals surface area contributed by atoms with Gasteiger partial charge in [0.05, 0.1) is 12.7 Å². The summed E-state index contributed by atoms with van der Waals surface area (Å²) in [5.41, 5.74) is 0. The first-order chi connectivity index (χ1) is 5.63. The third-order valence-corrected chi connectivity index (χ3v) is 2.87. The van der Waals surface area contributed by atoms with Gasteiger partial charge in [-0.3, -0.25) is 4.79 Å². The van der Waals surface area contributed by atoms with E-state index in [1.165, 1.54) is 0 Å². The van der Waals surface area contributed by atoms with E-state index in [0.29, 0.717) is 13.2 Å². The number of rotatable bonds is 5. The van der Waals surface area contributed by atoms with Gasteiger partial charge in [-0.15, -0.1) is 0 Å². The Hall–Kier alpha value is 0.160. The summed E-state index contributed by atoms with van der Waals surface area (Å²) in [6.45, 7) is 6.63. The number of hydrogen-bond acceptors (Lipinski definition) is 3. The summed E-state index contributed by atoms with van der Waals surface area (Å²) in [6.07, 6.45) is -0.0744. The van der Waals surface area contributed by atoms with Crippen LogP contribution in [0, 0.1) is 0 Å². The summed E-state index contributed by atoms with van der Waals surface area (Å²) in [5.74, 6) is -0.195. The van der Waals surface area contributed by atoms with Crippen LogP contribution >= 0.6 is 22.6 Å². The van der Waals surface area contributed by atoms with Gasteiger partial charge in [-0.05, 0) is 20.8 Å². The van der Waals surface area contributed by atoms with Crippen molar-refractivity contribution in [3.8, 4) is 0 Å². The van der Waals surface area contributed by atoms with Gasteiger partial charge in [0.2, 0.25) is 0 Å². The number of halogens is 1. The largest absolute Gasteiger partial charge is 0.465 e. The van der Waals surface area contributed by atoms with Crippen molar-refractivity contribution in [2.75, 3.05) is 13.2 Å². The summed E-state index contributed by atoms with van der Waals surface area (Å²) in [5, 5.41) is 0. The Bertz CT molecular complexity index is 138. The average Bonchev–Trinajstić information content (AvgIpc) is 2.04. The van der Waals surface area contributed by atoms with Crippen molar-refractivity contribution in [1.29, 1.82) is 0 Å². The topological polar surface area (TPSA) is 35.5 Å². The molecule has 0 bridgehead atoms. The van der Waals surface area contributed by atoms with Crippen LogP contribution in [0.25, 0.3) is 0 Å². The van der Waals surface area contributed by atoms with Crippen LogP contribution in [0.15, 0.2) is 0 Å². The molecule has 0 rings (SSSR count). The Kier molecular flexibility index (Phi) is 6.74. The molecule has 72 valence electrons. The second-order valence-corrected chi connectivity index (χ2v) is 3.66. The maximum atomic E-state index is 11.1. The van der Waals surface area contributed by atoms with Crippen LogP contribution in [0.2, 0.25) is 0 Å². The highest BCUT2D eigenvalue weighted by atomic mass is 127. The van der Waals surface area contributed by atoms with Crippen LogP contribution in [0.5, 0.6) is 0 Å². The van der Waals surface area contributed by atoms with E-state index in [-0.39, 0.29) is 16.0 Å². The van der Waals surface area contributed by atoms with E-state index < -0.39 is 0 Å². The van der Waals surface area contributed by atoms with Crippen LogP contribution in [0.3, 0.4) is 0 Å². The molecule has 0 spiro atoms. The highest BCUT2D eigenvalue weighted by Gasteiger charge is 2.23. The Morgan fingerprint density at radius 2 is 2.00 bits per heavy atom. The second kappa shape index (κ2) is 6.65. The smallest absolute Gasteiger partial charge is 0.321 e. The van der Waals surface area contributed by atoms with Gasteiger partial charge in [-0.1, -0.05) is 22.6 Å². The molecule has 2 unspecified atom stereocenters. The van der Waals surface area contributed by atoms with Gasteiger partial charge in [0.25, 0.3) is 0 Å². The number of carbonyl (C=O) groups is 1. The molecule has 2 atom stereocenters. The fourth-order valence-electron chi connectivity index (χ4n) is 0.761. The predicted molar refractivity (Wildman–Crippen MR) is 55.5 cm³/mol. The molecule has 0 aliphatic rings. The van der Waals surface area contributed by atoms with E-state index in [2.05, 4.69) is 0 Å². The minimum atomic E-state index is -0.206. The van der Waals surface area contributed by atoms with Crippen molar-refractivity contribution >= 4 is 28.6 Å². The normalized spacial score (nSPS) is 15.3. The molecule has 0 radical (unpaired) electrons. The van der Waals surface area contributed by atoms with Crippen molar-refractivity contribution in [1.82, 2.24) is 0 Å². The van der Waals surface area contributed by atoms with Crippen LogP contribution in [-0.4, -0.2) is 29.2 Å². The van der Waals surface area contributed by atoms with Gasteiger partial charge in [-0.25, -0.2) is 0 Å². The Labute approximate surface area is 86.9 Å². The SMILES string of the molecule is CCOC(=O)C(I)C(C)OCC. The first kappa shape index (κ1) is 12.2. The fourth-order valence-corrected chi connectivity index (χ4v) is 1.15. The molecule has 0 N–H and O–H groups in total. The van der Waals surface area contributed by atoms with E-state index >= 15 is 0 Å². The molecule has 0 heterocycles. The zero-order valence-electron chi connectivity index (χ0n) is 7.67. The Morgan fingerprint density at radius 3 is 2.42 bits per heavy atom. The molecule has 0 saturated carbocycles. The number of carbonyl (C=O) groups excluding carboxylic acids is 1. The molecule has 0 fully saturated rings. The average molecular weight is 286 g/mol. The molecule has 0 aromatic rings. The maximum absolute atomic E-state index is 11.1. The van der Waals surface area contributed by atoms with Gasteiger partial charge >= 0.3 is 5.97 Å². The second-order valence-electron chi connectivity index (χ2n) is 2.31. The van der Waals surface area contributed by atoms with Gasteiger partial charge in [-0.2, -0.15) is 0 Å². The van der Waals surface area contributed by atoms with Crippen LogP contribution < -0.4 is 0 Å². The highest BCUT2D eigenvalue weighted by Crippen LogP contribution is 2.11. The summed E-state index contributed by atoms with van der Waals surface area (Å²) in [6, 6.07) is 0. The van der Waals surface area contributed by atoms with Crippen molar-refractivity contribution in [3.63, 3.8) is 0 Å². The standard InChI is InChI=1S/C8H15IO3/c1-4-11-6(3)7(9)8(10)12-5-2/h6-7H,4-5H2,1-3H3. The molecule has 3 nitrogen and oxygen atoms in total. The first-order valence-electron chi connectivity index (χ1n) is 4.05. The summed E-state index contributed by atoms with van der Waals surface area (Å²) in [7, 11) is 0. The van der Waals surface area contributed by atoms with E-state index in [1.54, 1.807) is 6.92 Å². The van der Waals surface area contributed by atoms with Gasteiger partial charge in [0.1, 0.15) is 3.92 Å². The molecule has 4 heteroatoms. The minimum Gasteiger partial charge on any atom is -0.465 e. The highest BCUT2D eigenvalue weighted by molar-refractivity contribution is 14.1. The van der Waals surface area contributed by atoms with Gasteiger partial charge in [0.15, 0.2) is 0 Å². The third kappa shape index (κ3) is 4.25. The lowest BCUT2D eigenvalue weighted by Gasteiger charge is -2.16. The molecule has 0 amide bonds. The molecule has 12 heavy (non-hydrogen) atoms. The van der Waals surface area contributed by atoms with Crippen molar-refractivity contribution in [3.05, 3.63) is 0 Å². The monoisotopic (exact) mass is 286 g/mol. The Morgan fingerprint density at radius 1 is 1.42 bits per heavy atom. The lowest BCUT2D eigenvalue weighted by Crippen LogP contribution is -2.30. The summed E-state index contributed by atoms with van der Waals surface area (Å²) < 4.78 is 9.90. The Balaban J connectivity index is 3.82. The predicted octanol–water partition coefficient (Wildman–Crippen LogP) is 1.78. The maximum Gasteiger partial charge on any atom is 0.321 e. The number of esters is 1. The lowest BCUT2D eigenvalue weighted by atomic mass is 10.3. The molecule has 0 aliphatic heterocycles. The molecule has 0 aromatic heterocycles. The molecular formula is C8H15IO3. The van der Waals surface area contributed by atoms with Crippen LogP contribution in [0.1, 0.15) is 20.8 Å². The minimum absolute atomic E-state index is 0.0744. The van der Waals surface area contributed by atoms with Crippen molar-refractivity contribution in [2.24, 2.45) is 0 Å². The number of ether oxygens (including phenoxy) is 2. The summed E-state index contributed by atoms with van der Waals surface area (Å²) >= 11 is 2.04. The van der Waals surface area contributed by atoms with Crippen molar-refractivity contribution < 1.29 is 14.3 Å². The lowest BCUT2D eigenvalue weighted by molar-refractivity contribution is -0.144. The molecule has 0 saturated heterocycles. The van der Waals surface area contributed by atoms with Crippen LogP contribution in [-0.2, 0) is 14.3 Å². The molecule has 0 aliphatic carbocycles. The summed E-state index contributed by atoms with van der Waals surface area (Å²) in [4.78, 5) is 11.1. The van der Waals surface area contributed by atoms with E-state index in [0.717, 1.165) is 0 Å². The van der Waals surface area contributed by atoms with Crippen LogP contribution in [0.4, 0.5) is 0 Å². The third-order valence-electron chi connectivity index (χ3n) is 1.35. The van der Waals surface area contributed by atoms with E-state index in [9.17, 15) is 4.79 Å². The zero-order chi connectivity index (χ0) is 9.56. The molecular weight excluding hydrogens is 271 g/mol. The van der Waals surface area contributed by atoms with E-state index in [1.807, 2.05) is 36.4 Å². The molecule has 0 aromatic carbocycles. The first-order valence-corrected chi connectivity index (χ1v) is 5.30. The van der Waals surface area contributed by atoms with Gasteiger partial charge < -0.3 is 9.47 Å².